The Morgan fingerprint density at radius 2 is 1.42 bits per heavy atom. The molecule has 1 aliphatic rings. The first-order valence-electron chi connectivity index (χ1n) is 7.22. The van der Waals surface area contributed by atoms with Gasteiger partial charge in [0.25, 0.3) is 0 Å². The molecule has 1 saturated heterocycles. The minimum absolute atomic E-state index is 0.149. The maximum atomic E-state index is 10.8. The normalized spacial score (nSPS) is 24.8. The number of aliphatic hydroxyl groups excluding tert-OH is 1. The Kier molecular flexibility index (Phi) is 4.03. The van der Waals surface area contributed by atoms with E-state index in [9.17, 15) is 5.11 Å². The molecule has 1 aromatic rings. The molecule has 1 aliphatic heterocycles. The van der Waals surface area contributed by atoms with Crippen LogP contribution in [0.5, 0.6) is 0 Å². The van der Waals surface area contributed by atoms with Crippen molar-refractivity contribution in [2.75, 3.05) is 6.61 Å². The Morgan fingerprint density at radius 3 is 1.84 bits per heavy atom. The average Bonchev–Trinajstić information content (AvgIpc) is 2.80. The van der Waals surface area contributed by atoms with Crippen molar-refractivity contribution in [3.05, 3.63) is 33.4 Å². The number of ether oxygens (including phenoxy) is 1. The second-order valence-electron chi connectivity index (χ2n) is 6.01. The third kappa shape index (κ3) is 2.32. The highest BCUT2D eigenvalue weighted by molar-refractivity contribution is 5.50. The molecule has 3 atom stereocenters. The zero-order valence-corrected chi connectivity index (χ0v) is 13.0. The van der Waals surface area contributed by atoms with E-state index in [2.05, 4.69) is 41.5 Å². The largest absolute Gasteiger partial charge is 0.388 e. The van der Waals surface area contributed by atoms with Crippen LogP contribution in [0.3, 0.4) is 0 Å². The number of hydrogen-bond donors (Lipinski definition) is 1. The Labute approximate surface area is 116 Å². The lowest BCUT2D eigenvalue weighted by molar-refractivity contribution is 0.0425. The molecule has 0 saturated carbocycles. The Hall–Kier alpha value is -0.860. The maximum Gasteiger partial charge on any atom is 0.0849 e. The van der Waals surface area contributed by atoms with Crippen molar-refractivity contribution in [2.24, 2.45) is 5.92 Å². The van der Waals surface area contributed by atoms with Crippen molar-refractivity contribution in [1.29, 1.82) is 0 Å². The smallest absolute Gasteiger partial charge is 0.0849 e. The summed E-state index contributed by atoms with van der Waals surface area (Å²) in [7, 11) is 0. The first-order valence-corrected chi connectivity index (χ1v) is 7.22. The Morgan fingerprint density at radius 1 is 0.947 bits per heavy atom. The van der Waals surface area contributed by atoms with Crippen molar-refractivity contribution in [3.8, 4) is 0 Å². The van der Waals surface area contributed by atoms with Gasteiger partial charge in [-0.15, -0.1) is 0 Å². The van der Waals surface area contributed by atoms with E-state index in [4.69, 9.17) is 4.74 Å². The average molecular weight is 262 g/mol. The van der Waals surface area contributed by atoms with Gasteiger partial charge in [-0.25, -0.2) is 0 Å². The SMILES string of the molecule is Cc1c(C)c(C)c(C(O)C2CCOC2C)c(C)c1C. The zero-order chi connectivity index (χ0) is 14.3. The first-order chi connectivity index (χ1) is 8.86. The lowest BCUT2D eigenvalue weighted by atomic mass is 9.82. The third-order valence-corrected chi connectivity index (χ3v) is 5.19. The molecule has 1 fully saturated rings. The van der Waals surface area contributed by atoms with Crippen LogP contribution in [-0.2, 0) is 4.74 Å². The number of hydrogen-bond acceptors (Lipinski definition) is 2. The van der Waals surface area contributed by atoms with E-state index >= 15 is 0 Å². The standard InChI is InChI=1S/C17H26O2/c1-9-10(2)12(4)16(13(5)11(9)3)17(18)15-7-8-19-14(15)6/h14-15,17-18H,7-8H2,1-6H3. The summed E-state index contributed by atoms with van der Waals surface area (Å²) in [6.45, 7) is 13.6. The van der Waals surface area contributed by atoms with Crippen LogP contribution in [0.25, 0.3) is 0 Å². The van der Waals surface area contributed by atoms with Crippen LogP contribution in [0, 0.1) is 40.5 Å². The van der Waals surface area contributed by atoms with Gasteiger partial charge in [-0.05, 0) is 81.3 Å². The van der Waals surface area contributed by atoms with Gasteiger partial charge in [0.1, 0.15) is 0 Å². The molecule has 0 spiro atoms. The van der Waals surface area contributed by atoms with Gasteiger partial charge in [0.05, 0.1) is 12.2 Å². The molecule has 0 radical (unpaired) electrons. The van der Waals surface area contributed by atoms with Gasteiger partial charge in [0.2, 0.25) is 0 Å². The fourth-order valence-electron chi connectivity index (χ4n) is 3.35. The van der Waals surface area contributed by atoms with Crippen molar-refractivity contribution in [1.82, 2.24) is 0 Å². The molecule has 0 aromatic heterocycles. The van der Waals surface area contributed by atoms with E-state index in [-0.39, 0.29) is 12.0 Å². The summed E-state index contributed by atoms with van der Waals surface area (Å²) in [5, 5.41) is 10.8. The van der Waals surface area contributed by atoms with Crippen LogP contribution in [0.2, 0.25) is 0 Å². The van der Waals surface area contributed by atoms with E-state index in [1.807, 2.05) is 0 Å². The molecule has 2 heteroatoms. The fourth-order valence-corrected chi connectivity index (χ4v) is 3.35. The van der Waals surface area contributed by atoms with Gasteiger partial charge in [-0.3, -0.25) is 0 Å². The molecule has 19 heavy (non-hydrogen) atoms. The highest BCUT2D eigenvalue weighted by Crippen LogP contribution is 2.38. The Bertz CT molecular complexity index is 462. The van der Waals surface area contributed by atoms with Gasteiger partial charge in [-0.1, -0.05) is 0 Å². The van der Waals surface area contributed by atoms with E-state index in [0.717, 1.165) is 18.6 Å². The molecular formula is C17H26O2. The minimum Gasteiger partial charge on any atom is -0.388 e. The van der Waals surface area contributed by atoms with Gasteiger partial charge < -0.3 is 9.84 Å². The monoisotopic (exact) mass is 262 g/mol. The van der Waals surface area contributed by atoms with E-state index in [1.54, 1.807) is 0 Å². The minimum atomic E-state index is -0.407. The third-order valence-electron chi connectivity index (χ3n) is 5.19. The molecule has 2 nitrogen and oxygen atoms in total. The number of rotatable bonds is 2. The molecule has 0 amide bonds. The molecule has 2 rings (SSSR count). The first kappa shape index (κ1) is 14.5. The fraction of sp³-hybridized carbons (Fsp3) is 0.647. The highest BCUT2D eigenvalue weighted by atomic mass is 16.5. The van der Waals surface area contributed by atoms with Gasteiger partial charge >= 0.3 is 0 Å². The van der Waals surface area contributed by atoms with Crippen molar-refractivity contribution in [2.45, 2.75) is 60.2 Å². The Balaban J connectivity index is 2.50. The van der Waals surface area contributed by atoms with E-state index in [0.29, 0.717) is 0 Å². The molecule has 1 heterocycles. The molecule has 0 aliphatic carbocycles. The second kappa shape index (κ2) is 5.26. The lowest BCUT2D eigenvalue weighted by Gasteiger charge is -2.27. The van der Waals surface area contributed by atoms with Crippen LogP contribution < -0.4 is 0 Å². The zero-order valence-electron chi connectivity index (χ0n) is 13.0. The van der Waals surface area contributed by atoms with Crippen LogP contribution in [0.15, 0.2) is 0 Å². The quantitative estimate of drug-likeness (QED) is 0.881. The van der Waals surface area contributed by atoms with Crippen LogP contribution in [0.4, 0.5) is 0 Å². The molecular weight excluding hydrogens is 236 g/mol. The predicted molar refractivity (Wildman–Crippen MR) is 78.6 cm³/mol. The number of aliphatic hydroxyl groups is 1. The summed E-state index contributed by atoms with van der Waals surface area (Å²) < 4.78 is 5.61. The summed E-state index contributed by atoms with van der Waals surface area (Å²) in [4.78, 5) is 0. The predicted octanol–water partition coefficient (Wildman–Crippen LogP) is 3.69. The van der Waals surface area contributed by atoms with Crippen LogP contribution in [0.1, 0.15) is 52.8 Å². The molecule has 0 bridgehead atoms. The topological polar surface area (TPSA) is 29.5 Å². The van der Waals surface area contributed by atoms with Gasteiger partial charge in [0, 0.05) is 12.5 Å². The summed E-state index contributed by atoms with van der Waals surface area (Å²) in [6.07, 6.45) is 0.693. The summed E-state index contributed by atoms with van der Waals surface area (Å²) in [5.41, 5.74) is 7.58. The van der Waals surface area contributed by atoms with Crippen molar-refractivity contribution < 1.29 is 9.84 Å². The van der Waals surface area contributed by atoms with Crippen molar-refractivity contribution in [3.63, 3.8) is 0 Å². The molecule has 106 valence electrons. The summed E-state index contributed by atoms with van der Waals surface area (Å²) in [6, 6.07) is 0. The van der Waals surface area contributed by atoms with Crippen LogP contribution >= 0.6 is 0 Å². The molecule has 3 unspecified atom stereocenters. The van der Waals surface area contributed by atoms with Crippen LogP contribution in [-0.4, -0.2) is 17.8 Å². The number of benzene rings is 1. The van der Waals surface area contributed by atoms with Gasteiger partial charge in [0.15, 0.2) is 0 Å². The highest BCUT2D eigenvalue weighted by Gasteiger charge is 2.33. The van der Waals surface area contributed by atoms with E-state index < -0.39 is 6.10 Å². The maximum absolute atomic E-state index is 10.8. The molecule has 1 N–H and O–H groups in total. The van der Waals surface area contributed by atoms with E-state index in [1.165, 1.54) is 27.8 Å². The van der Waals surface area contributed by atoms with Gasteiger partial charge in [-0.2, -0.15) is 0 Å². The second-order valence-corrected chi connectivity index (χ2v) is 6.01. The summed E-state index contributed by atoms with van der Waals surface area (Å²) in [5.74, 6) is 0.221. The lowest BCUT2D eigenvalue weighted by Crippen LogP contribution is -2.22. The summed E-state index contributed by atoms with van der Waals surface area (Å²) >= 11 is 0. The van der Waals surface area contributed by atoms with Crippen molar-refractivity contribution >= 4 is 0 Å². The molecule has 1 aromatic carbocycles.